The van der Waals surface area contributed by atoms with Gasteiger partial charge in [0.05, 0.1) is 18.8 Å². The monoisotopic (exact) mass is 526 g/mol. The first-order valence-electron chi connectivity index (χ1n) is 14.4. The van der Waals surface area contributed by atoms with Crippen molar-refractivity contribution in [1.29, 1.82) is 0 Å². The summed E-state index contributed by atoms with van der Waals surface area (Å²) in [7, 11) is 2.08. The van der Waals surface area contributed by atoms with Crippen LogP contribution in [-0.2, 0) is 20.9 Å². The third kappa shape index (κ3) is 8.98. The van der Waals surface area contributed by atoms with Crippen molar-refractivity contribution in [3.05, 3.63) is 59.5 Å². The van der Waals surface area contributed by atoms with Crippen LogP contribution in [0.5, 0.6) is 0 Å². The molecular weight excluding hydrogens is 476 g/mol. The smallest absolute Gasteiger partial charge is 0.272 e. The number of ether oxygens (including phenoxy) is 1. The highest BCUT2D eigenvalue weighted by molar-refractivity contribution is 5.97. The lowest BCUT2D eigenvalue weighted by Gasteiger charge is -2.45. The van der Waals surface area contributed by atoms with Crippen LogP contribution in [0.25, 0.3) is 0 Å². The van der Waals surface area contributed by atoms with Gasteiger partial charge in [0.15, 0.2) is 0 Å². The molecule has 7 heteroatoms. The number of hydrogen-bond donors (Lipinski definition) is 2. The summed E-state index contributed by atoms with van der Waals surface area (Å²) in [6.07, 6.45) is 15.9. The Balaban J connectivity index is 0.000000387. The molecule has 0 spiro atoms. The first-order valence-corrected chi connectivity index (χ1v) is 14.4. The van der Waals surface area contributed by atoms with Crippen LogP contribution in [0, 0.1) is 6.92 Å². The molecule has 0 radical (unpaired) electrons. The van der Waals surface area contributed by atoms with E-state index in [1.165, 1.54) is 38.5 Å². The van der Waals surface area contributed by atoms with Crippen molar-refractivity contribution in [2.75, 3.05) is 20.2 Å². The first-order chi connectivity index (χ1) is 18.4. The molecule has 1 saturated carbocycles. The zero-order chi connectivity index (χ0) is 28.0. The van der Waals surface area contributed by atoms with Gasteiger partial charge in [0, 0.05) is 12.6 Å². The van der Waals surface area contributed by atoms with Crippen molar-refractivity contribution in [3.8, 4) is 0 Å². The summed E-state index contributed by atoms with van der Waals surface area (Å²) in [5, 5.41) is 5.12. The number of fused-ring (bicyclic) bond motifs is 1. The quantitative estimate of drug-likeness (QED) is 0.273. The minimum atomic E-state index is -0.899. The molecule has 0 aromatic heterocycles. The van der Waals surface area contributed by atoms with Gasteiger partial charge in [-0.25, -0.2) is 5.43 Å². The lowest BCUT2D eigenvalue weighted by Crippen LogP contribution is -2.64. The van der Waals surface area contributed by atoms with Crippen LogP contribution in [0.2, 0.25) is 0 Å². The van der Waals surface area contributed by atoms with Gasteiger partial charge in [0.2, 0.25) is 0 Å². The van der Waals surface area contributed by atoms with E-state index in [1.807, 2.05) is 64.1 Å². The number of benzene rings is 1. The fourth-order valence-corrected chi connectivity index (χ4v) is 4.89. The normalized spacial score (nSPS) is 23.5. The zero-order valence-electron chi connectivity index (χ0n) is 24.5. The Hall–Kier alpha value is -2.64. The van der Waals surface area contributed by atoms with Crippen molar-refractivity contribution in [3.63, 3.8) is 0 Å². The van der Waals surface area contributed by atoms with E-state index in [0.717, 1.165) is 29.9 Å². The Labute approximate surface area is 230 Å². The van der Waals surface area contributed by atoms with E-state index in [-0.39, 0.29) is 11.9 Å². The Bertz CT molecular complexity index is 906. The second-order valence-corrected chi connectivity index (χ2v) is 10.3. The number of aldehydes is 1. The van der Waals surface area contributed by atoms with Gasteiger partial charge in [-0.2, -0.15) is 0 Å². The largest absolute Gasteiger partial charge is 0.499 e. The van der Waals surface area contributed by atoms with Crippen LogP contribution in [-0.4, -0.2) is 59.9 Å². The molecule has 0 bridgehead atoms. The predicted molar refractivity (Wildman–Crippen MR) is 155 cm³/mol. The predicted octanol–water partition coefficient (Wildman–Crippen LogP) is 5.26. The Kier molecular flexibility index (Phi) is 13.6. The molecule has 1 aliphatic carbocycles. The molecule has 1 amide bonds. The van der Waals surface area contributed by atoms with Crippen LogP contribution in [0.15, 0.2) is 48.4 Å². The number of piperazine rings is 1. The Morgan fingerprint density at radius 3 is 2.37 bits per heavy atom. The number of amides is 1. The topological polar surface area (TPSA) is 73.9 Å². The maximum absolute atomic E-state index is 13.1. The second-order valence-electron chi connectivity index (χ2n) is 10.3. The number of rotatable bonds is 8. The van der Waals surface area contributed by atoms with E-state index in [4.69, 9.17) is 4.74 Å². The third-order valence-corrected chi connectivity index (χ3v) is 7.21. The van der Waals surface area contributed by atoms with Crippen molar-refractivity contribution < 1.29 is 14.3 Å². The van der Waals surface area contributed by atoms with Crippen LogP contribution < -0.4 is 10.7 Å². The molecule has 2 heterocycles. The molecular formula is C31H50N4O3. The van der Waals surface area contributed by atoms with Crippen molar-refractivity contribution in [2.45, 2.75) is 104 Å². The average Bonchev–Trinajstić information content (AvgIpc) is 3.15. The first kappa shape index (κ1) is 31.6. The van der Waals surface area contributed by atoms with E-state index in [9.17, 15) is 9.59 Å². The van der Waals surface area contributed by atoms with Crippen molar-refractivity contribution >= 4 is 12.2 Å². The van der Waals surface area contributed by atoms with Crippen LogP contribution >= 0.6 is 0 Å². The van der Waals surface area contributed by atoms with Crippen LogP contribution in [0.1, 0.15) is 83.8 Å². The molecule has 1 saturated heterocycles. The SMILES string of the molecule is CC.CC/C=C\OCC1C=C2C(=O)N(Cc3ccc(C)cc3)C(C)(C=O)CN2N1.CNC1CCCCCC1. The number of hydrogen-bond acceptors (Lipinski definition) is 6. The molecule has 3 aliphatic rings. The third-order valence-electron chi connectivity index (χ3n) is 7.21. The van der Waals surface area contributed by atoms with Crippen molar-refractivity contribution in [1.82, 2.24) is 20.7 Å². The number of aryl methyl sites for hydroxylation is 1. The molecule has 38 heavy (non-hydrogen) atoms. The van der Waals surface area contributed by atoms with Crippen LogP contribution in [0.4, 0.5) is 0 Å². The number of hydrazine groups is 1. The lowest BCUT2D eigenvalue weighted by molar-refractivity contribution is -0.146. The minimum Gasteiger partial charge on any atom is -0.499 e. The van der Waals surface area contributed by atoms with Gasteiger partial charge < -0.3 is 19.7 Å². The molecule has 212 valence electrons. The summed E-state index contributed by atoms with van der Waals surface area (Å²) < 4.78 is 5.50. The fourth-order valence-electron chi connectivity index (χ4n) is 4.89. The fraction of sp³-hybridized carbons (Fsp3) is 0.613. The molecule has 2 fully saturated rings. The molecule has 7 nitrogen and oxygen atoms in total. The summed E-state index contributed by atoms with van der Waals surface area (Å²) in [4.78, 5) is 26.7. The summed E-state index contributed by atoms with van der Waals surface area (Å²) in [6.45, 7) is 11.1. The number of allylic oxidation sites excluding steroid dienone is 1. The van der Waals surface area contributed by atoms with E-state index < -0.39 is 5.54 Å². The van der Waals surface area contributed by atoms with Gasteiger partial charge in [-0.1, -0.05) is 82.4 Å². The number of carbonyl (C=O) groups excluding carboxylic acids is 2. The van der Waals surface area contributed by atoms with Gasteiger partial charge in [-0.05, 0) is 51.8 Å². The Morgan fingerprint density at radius 2 is 1.79 bits per heavy atom. The zero-order valence-corrected chi connectivity index (χ0v) is 24.5. The van der Waals surface area contributed by atoms with Gasteiger partial charge >= 0.3 is 0 Å². The molecule has 2 N–H and O–H groups in total. The summed E-state index contributed by atoms with van der Waals surface area (Å²) in [5.74, 6) is -0.143. The Morgan fingerprint density at radius 1 is 1.13 bits per heavy atom. The van der Waals surface area contributed by atoms with Gasteiger partial charge in [0.25, 0.3) is 5.91 Å². The molecule has 2 aliphatic heterocycles. The summed E-state index contributed by atoms with van der Waals surface area (Å²) in [5.41, 5.74) is 5.11. The molecule has 1 aromatic rings. The van der Waals surface area contributed by atoms with E-state index >= 15 is 0 Å². The van der Waals surface area contributed by atoms with Gasteiger partial charge in [-0.3, -0.25) is 9.80 Å². The van der Waals surface area contributed by atoms with E-state index in [2.05, 4.69) is 17.8 Å². The second kappa shape index (κ2) is 16.4. The highest BCUT2D eigenvalue weighted by Gasteiger charge is 2.47. The standard InChI is InChI=1S/C21H27N3O3.C8H17N.C2H6/c1-4-5-10-27-13-18-11-19-20(26)23(12-17-8-6-16(2)7-9-17)21(3,15-25)14-24(19)22-18;1-9-8-6-4-2-3-5-7-8;1-2/h5-11,15,18,22H,4,12-14H2,1-3H3;8-9H,2-7H2,1H3;1-2H3/b10-5-;;. The van der Waals surface area contributed by atoms with E-state index in [1.54, 1.807) is 23.1 Å². The summed E-state index contributed by atoms with van der Waals surface area (Å²) >= 11 is 0. The average molecular weight is 527 g/mol. The van der Waals surface area contributed by atoms with Gasteiger partial charge in [0.1, 0.15) is 24.1 Å². The highest BCUT2D eigenvalue weighted by Crippen LogP contribution is 2.30. The maximum atomic E-state index is 13.1. The van der Waals surface area contributed by atoms with Crippen molar-refractivity contribution in [2.24, 2.45) is 0 Å². The number of nitrogens with zero attached hydrogens (tertiary/aromatic N) is 2. The molecule has 2 atom stereocenters. The van der Waals surface area contributed by atoms with Gasteiger partial charge in [-0.15, -0.1) is 0 Å². The molecule has 4 rings (SSSR count). The number of carbonyl (C=O) groups is 2. The molecule has 1 aromatic carbocycles. The highest BCUT2D eigenvalue weighted by atomic mass is 16.5. The maximum Gasteiger partial charge on any atom is 0.272 e. The van der Waals surface area contributed by atoms with Crippen LogP contribution in [0.3, 0.4) is 0 Å². The molecule has 2 unspecified atom stereocenters. The summed E-state index contributed by atoms with van der Waals surface area (Å²) in [6, 6.07) is 8.76. The minimum absolute atomic E-state index is 0.0966. The lowest BCUT2D eigenvalue weighted by atomic mass is 9.96. The number of nitrogens with one attached hydrogen (secondary N) is 2. The van der Waals surface area contributed by atoms with E-state index in [0.29, 0.717) is 25.4 Å².